The summed E-state index contributed by atoms with van der Waals surface area (Å²) in [6.07, 6.45) is 1.14. The zero-order chi connectivity index (χ0) is 17.4. The van der Waals surface area contributed by atoms with Crippen molar-refractivity contribution >= 4 is 5.91 Å². The number of carbonyl (C=O) groups excluding carboxylic acids is 1. The number of H-pyrrole nitrogens is 1. The van der Waals surface area contributed by atoms with Crippen molar-refractivity contribution in [2.45, 2.75) is 52.3 Å². The van der Waals surface area contributed by atoms with Gasteiger partial charge in [-0.3, -0.25) is 14.5 Å². The van der Waals surface area contributed by atoms with Gasteiger partial charge in [0.25, 0.3) is 11.5 Å². The number of pyridine rings is 1. The Morgan fingerprint density at radius 2 is 2.12 bits per heavy atom. The summed E-state index contributed by atoms with van der Waals surface area (Å²) in [4.78, 5) is 29.7. The van der Waals surface area contributed by atoms with E-state index in [0.717, 1.165) is 37.4 Å². The average molecular weight is 333 g/mol. The van der Waals surface area contributed by atoms with Gasteiger partial charge in [-0.2, -0.15) is 0 Å². The van der Waals surface area contributed by atoms with Crippen LogP contribution in [-0.2, 0) is 4.74 Å². The van der Waals surface area contributed by atoms with Crippen LogP contribution in [0.2, 0.25) is 0 Å². The van der Waals surface area contributed by atoms with Gasteiger partial charge in [-0.25, -0.2) is 0 Å². The first kappa shape index (κ1) is 17.2. The maximum Gasteiger partial charge on any atom is 0.261 e. The second-order valence-corrected chi connectivity index (χ2v) is 7.45. The number of aromatic amines is 1. The van der Waals surface area contributed by atoms with Gasteiger partial charge >= 0.3 is 0 Å². The quantitative estimate of drug-likeness (QED) is 0.872. The normalized spacial score (nSPS) is 27.3. The third-order valence-corrected chi connectivity index (χ3v) is 5.27. The highest BCUT2D eigenvalue weighted by Crippen LogP contribution is 2.25. The number of fused-ring (bicyclic) bond motifs is 1. The standard InChI is InChI=1S/C18H27N3O3/c1-10(2)16-8-21-7-13(6-14(21)9-24-16)20-18(23)15-5-11(3)12(4)19-17(15)22/h5,10,13-14,16H,6-9H2,1-4H3,(H,19,22)(H,20,23)/t13-,14-,16+/m0/s1. The van der Waals surface area contributed by atoms with Crippen molar-refractivity contribution < 1.29 is 9.53 Å². The van der Waals surface area contributed by atoms with Gasteiger partial charge in [0.15, 0.2) is 0 Å². The molecule has 0 saturated carbocycles. The third kappa shape index (κ3) is 3.39. The minimum atomic E-state index is -0.325. The molecule has 0 aromatic carbocycles. The number of hydrogen-bond donors (Lipinski definition) is 2. The van der Waals surface area contributed by atoms with Crippen molar-refractivity contribution in [3.05, 3.63) is 33.2 Å². The van der Waals surface area contributed by atoms with Gasteiger partial charge in [-0.1, -0.05) is 13.8 Å². The number of morpholine rings is 1. The van der Waals surface area contributed by atoms with E-state index >= 15 is 0 Å². The summed E-state index contributed by atoms with van der Waals surface area (Å²) in [5.74, 6) is 0.208. The van der Waals surface area contributed by atoms with E-state index in [2.05, 4.69) is 29.0 Å². The van der Waals surface area contributed by atoms with Crippen LogP contribution in [0.4, 0.5) is 0 Å². The Kier molecular flexibility index (Phi) is 4.78. The topological polar surface area (TPSA) is 74.4 Å². The van der Waals surface area contributed by atoms with Gasteiger partial charge in [-0.15, -0.1) is 0 Å². The number of nitrogens with zero attached hydrogens (tertiary/aromatic N) is 1. The van der Waals surface area contributed by atoms with Crippen LogP contribution in [0.25, 0.3) is 0 Å². The molecule has 2 N–H and O–H groups in total. The molecule has 0 spiro atoms. The Morgan fingerprint density at radius 3 is 2.83 bits per heavy atom. The Labute approximate surface area is 142 Å². The maximum absolute atomic E-state index is 12.5. The predicted octanol–water partition coefficient (Wildman–Crippen LogP) is 1.22. The zero-order valence-electron chi connectivity index (χ0n) is 14.9. The number of ether oxygens (including phenoxy) is 1. The molecule has 0 unspecified atom stereocenters. The molecule has 0 bridgehead atoms. The minimum absolute atomic E-state index is 0.0676. The van der Waals surface area contributed by atoms with Gasteiger partial charge in [0.2, 0.25) is 0 Å². The highest BCUT2D eigenvalue weighted by Gasteiger charge is 2.38. The van der Waals surface area contributed by atoms with Crippen LogP contribution in [0.3, 0.4) is 0 Å². The highest BCUT2D eigenvalue weighted by atomic mass is 16.5. The second-order valence-electron chi connectivity index (χ2n) is 7.45. The van der Waals surface area contributed by atoms with Crippen molar-refractivity contribution in [3.8, 4) is 0 Å². The highest BCUT2D eigenvalue weighted by molar-refractivity contribution is 5.94. The summed E-state index contributed by atoms with van der Waals surface area (Å²) in [7, 11) is 0. The molecule has 0 aliphatic carbocycles. The van der Waals surface area contributed by atoms with Crippen LogP contribution in [-0.4, -0.2) is 53.7 Å². The summed E-state index contributed by atoms with van der Waals surface area (Å²) in [6.45, 7) is 10.5. The summed E-state index contributed by atoms with van der Waals surface area (Å²) < 4.78 is 5.93. The molecular weight excluding hydrogens is 306 g/mol. The lowest BCUT2D eigenvalue weighted by molar-refractivity contribution is -0.0683. The van der Waals surface area contributed by atoms with Crippen LogP contribution in [0.5, 0.6) is 0 Å². The Morgan fingerprint density at radius 1 is 1.38 bits per heavy atom. The predicted molar refractivity (Wildman–Crippen MR) is 92.3 cm³/mol. The molecule has 6 heteroatoms. The first-order valence-corrected chi connectivity index (χ1v) is 8.72. The fraction of sp³-hybridized carbons (Fsp3) is 0.667. The lowest BCUT2D eigenvalue weighted by Crippen LogP contribution is -2.48. The number of amides is 1. The minimum Gasteiger partial charge on any atom is -0.375 e. The summed E-state index contributed by atoms with van der Waals surface area (Å²) in [6, 6.07) is 2.10. The van der Waals surface area contributed by atoms with E-state index in [1.807, 2.05) is 13.8 Å². The van der Waals surface area contributed by atoms with Gasteiger partial charge in [0.05, 0.1) is 12.7 Å². The molecule has 2 saturated heterocycles. The Balaban J connectivity index is 1.65. The first-order chi connectivity index (χ1) is 11.3. The average Bonchev–Trinajstić information content (AvgIpc) is 2.91. The molecular formula is C18H27N3O3. The molecule has 1 aromatic heterocycles. The first-order valence-electron chi connectivity index (χ1n) is 8.72. The van der Waals surface area contributed by atoms with Gasteiger partial charge < -0.3 is 15.0 Å². The van der Waals surface area contributed by atoms with E-state index in [1.54, 1.807) is 6.07 Å². The number of hydrogen-bond acceptors (Lipinski definition) is 4. The lowest BCUT2D eigenvalue weighted by Gasteiger charge is -2.36. The fourth-order valence-corrected chi connectivity index (χ4v) is 3.57. The van der Waals surface area contributed by atoms with E-state index in [9.17, 15) is 9.59 Å². The molecule has 132 valence electrons. The molecule has 6 nitrogen and oxygen atoms in total. The van der Waals surface area contributed by atoms with E-state index in [0.29, 0.717) is 12.0 Å². The van der Waals surface area contributed by atoms with E-state index in [4.69, 9.17) is 4.74 Å². The van der Waals surface area contributed by atoms with Crippen molar-refractivity contribution in [3.63, 3.8) is 0 Å². The molecule has 24 heavy (non-hydrogen) atoms. The Bertz CT molecular complexity index is 683. The van der Waals surface area contributed by atoms with E-state index < -0.39 is 0 Å². The molecule has 2 fully saturated rings. The van der Waals surface area contributed by atoms with E-state index in [-0.39, 0.29) is 29.2 Å². The molecule has 3 heterocycles. The summed E-state index contributed by atoms with van der Waals surface area (Å²) >= 11 is 0. The van der Waals surface area contributed by atoms with Crippen molar-refractivity contribution in [2.24, 2.45) is 5.92 Å². The molecule has 1 aromatic rings. The summed E-state index contributed by atoms with van der Waals surface area (Å²) in [5.41, 5.74) is 1.58. The number of aryl methyl sites for hydroxylation is 2. The second kappa shape index (κ2) is 6.69. The molecule has 2 aliphatic heterocycles. The van der Waals surface area contributed by atoms with Crippen LogP contribution >= 0.6 is 0 Å². The number of aromatic nitrogens is 1. The Hall–Kier alpha value is -1.66. The largest absolute Gasteiger partial charge is 0.375 e. The molecule has 1 amide bonds. The number of rotatable bonds is 3. The van der Waals surface area contributed by atoms with Crippen molar-refractivity contribution in [2.75, 3.05) is 19.7 Å². The van der Waals surface area contributed by atoms with Crippen molar-refractivity contribution in [1.82, 2.24) is 15.2 Å². The maximum atomic E-state index is 12.5. The molecule has 3 atom stereocenters. The van der Waals surface area contributed by atoms with Crippen LogP contribution in [0.1, 0.15) is 41.9 Å². The van der Waals surface area contributed by atoms with Crippen LogP contribution in [0, 0.1) is 19.8 Å². The number of carbonyl (C=O) groups is 1. The molecule has 2 aliphatic rings. The zero-order valence-corrected chi connectivity index (χ0v) is 14.9. The van der Waals surface area contributed by atoms with Crippen LogP contribution < -0.4 is 10.9 Å². The molecule has 0 radical (unpaired) electrons. The van der Waals surface area contributed by atoms with Gasteiger partial charge in [0, 0.05) is 30.9 Å². The smallest absolute Gasteiger partial charge is 0.261 e. The van der Waals surface area contributed by atoms with E-state index in [1.165, 1.54) is 0 Å². The van der Waals surface area contributed by atoms with Crippen LogP contribution in [0.15, 0.2) is 10.9 Å². The number of nitrogens with one attached hydrogen (secondary N) is 2. The SMILES string of the molecule is Cc1cc(C(=O)N[C@H]2C[C@H]3CO[C@@H](C(C)C)CN3C2)c(=O)[nH]c1C. The third-order valence-electron chi connectivity index (χ3n) is 5.27. The van der Waals surface area contributed by atoms with Crippen molar-refractivity contribution in [1.29, 1.82) is 0 Å². The van der Waals surface area contributed by atoms with Gasteiger partial charge in [0.1, 0.15) is 5.56 Å². The van der Waals surface area contributed by atoms with Gasteiger partial charge in [-0.05, 0) is 37.8 Å². The molecule has 3 rings (SSSR count). The fourth-order valence-electron chi connectivity index (χ4n) is 3.57. The monoisotopic (exact) mass is 333 g/mol. The summed E-state index contributed by atoms with van der Waals surface area (Å²) in [5, 5.41) is 3.03. The lowest BCUT2D eigenvalue weighted by atomic mass is 10.0.